The Labute approximate surface area is 179 Å². The van der Waals surface area contributed by atoms with E-state index in [-0.39, 0.29) is 23.5 Å². The Balaban J connectivity index is 1.34. The molecule has 0 spiro atoms. The van der Waals surface area contributed by atoms with Crippen molar-refractivity contribution in [3.63, 3.8) is 0 Å². The first-order valence-electron chi connectivity index (χ1n) is 11.9. The third-order valence-corrected chi connectivity index (χ3v) is 6.73. The first-order chi connectivity index (χ1) is 14.6. The molecule has 0 aliphatic carbocycles. The van der Waals surface area contributed by atoms with Gasteiger partial charge in [0, 0.05) is 51.2 Å². The molecule has 30 heavy (non-hydrogen) atoms. The molecule has 7 heteroatoms. The van der Waals surface area contributed by atoms with Crippen molar-refractivity contribution >= 4 is 5.91 Å². The second-order valence-electron chi connectivity index (χ2n) is 9.09. The minimum absolute atomic E-state index is 0.0770. The minimum Gasteiger partial charge on any atom is -0.377 e. The number of piperidine rings is 1. The van der Waals surface area contributed by atoms with Gasteiger partial charge in [-0.05, 0) is 45.1 Å². The van der Waals surface area contributed by atoms with Crippen LogP contribution in [0.4, 0.5) is 0 Å². The Hall–Kier alpha value is -1.73. The van der Waals surface area contributed by atoms with E-state index in [1.807, 2.05) is 9.47 Å². The van der Waals surface area contributed by atoms with Crippen LogP contribution in [0.5, 0.6) is 0 Å². The van der Waals surface area contributed by atoms with Crippen LogP contribution in [0.2, 0.25) is 0 Å². The monoisotopic (exact) mass is 416 g/mol. The lowest BCUT2D eigenvalue weighted by Gasteiger charge is -2.33. The van der Waals surface area contributed by atoms with Crippen molar-refractivity contribution in [1.82, 2.24) is 19.4 Å². The Bertz CT molecular complexity index is 793. The molecular weight excluding hydrogens is 380 g/mol. The lowest BCUT2D eigenvalue weighted by molar-refractivity contribution is -0.132. The largest absolute Gasteiger partial charge is 0.377 e. The van der Waals surface area contributed by atoms with Crippen LogP contribution in [-0.4, -0.2) is 70.7 Å². The Morgan fingerprint density at radius 2 is 2.03 bits per heavy atom. The Morgan fingerprint density at radius 3 is 2.90 bits per heavy atom. The Morgan fingerprint density at radius 1 is 1.13 bits per heavy atom. The molecule has 166 valence electrons. The van der Waals surface area contributed by atoms with Gasteiger partial charge in [0.15, 0.2) is 0 Å². The fourth-order valence-corrected chi connectivity index (χ4v) is 5.04. The molecule has 4 rings (SSSR count). The minimum atomic E-state index is 0.0770. The van der Waals surface area contributed by atoms with Crippen LogP contribution in [0.1, 0.15) is 69.3 Å². The predicted molar refractivity (Wildman–Crippen MR) is 116 cm³/mol. The first-order valence-corrected chi connectivity index (χ1v) is 11.9. The number of aryl methyl sites for hydroxylation is 1. The highest BCUT2D eigenvalue weighted by molar-refractivity contribution is 5.78. The molecule has 1 aromatic rings. The van der Waals surface area contributed by atoms with Crippen molar-refractivity contribution in [3.05, 3.63) is 27.9 Å². The maximum Gasteiger partial charge on any atom is 0.253 e. The van der Waals surface area contributed by atoms with E-state index in [2.05, 4.69) is 11.8 Å². The van der Waals surface area contributed by atoms with Crippen molar-refractivity contribution in [3.8, 4) is 0 Å². The van der Waals surface area contributed by atoms with E-state index in [9.17, 15) is 9.59 Å². The van der Waals surface area contributed by atoms with Crippen LogP contribution in [0.15, 0.2) is 10.9 Å². The van der Waals surface area contributed by atoms with Gasteiger partial charge >= 0.3 is 0 Å². The van der Waals surface area contributed by atoms with Crippen LogP contribution in [0.25, 0.3) is 0 Å². The molecular formula is C23H36N4O3. The summed E-state index contributed by atoms with van der Waals surface area (Å²) in [7, 11) is 0. The average molecular weight is 417 g/mol. The fourth-order valence-electron chi connectivity index (χ4n) is 5.04. The number of nitrogens with zero attached hydrogens (tertiary/aromatic N) is 4. The van der Waals surface area contributed by atoms with E-state index in [1.165, 1.54) is 0 Å². The number of hydrogen-bond acceptors (Lipinski definition) is 5. The zero-order chi connectivity index (χ0) is 20.9. The number of rotatable bonds is 6. The molecule has 4 heterocycles. The molecule has 2 unspecified atom stereocenters. The number of fused-ring (bicyclic) bond motifs is 1. The van der Waals surface area contributed by atoms with E-state index < -0.39 is 0 Å². The van der Waals surface area contributed by atoms with Gasteiger partial charge in [0.25, 0.3) is 5.56 Å². The summed E-state index contributed by atoms with van der Waals surface area (Å²) >= 11 is 0. The van der Waals surface area contributed by atoms with Gasteiger partial charge in [-0.25, -0.2) is 4.98 Å². The highest BCUT2D eigenvalue weighted by Gasteiger charge is 2.31. The second-order valence-corrected chi connectivity index (χ2v) is 9.09. The molecule has 0 N–H and O–H groups in total. The number of hydrogen-bond donors (Lipinski definition) is 0. The van der Waals surface area contributed by atoms with Gasteiger partial charge in [0.05, 0.1) is 18.3 Å². The van der Waals surface area contributed by atoms with Crippen LogP contribution in [0.3, 0.4) is 0 Å². The number of ether oxygens (including phenoxy) is 1. The molecule has 3 aliphatic heterocycles. The summed E-state index contributed by atoms with van der Waals surface area (Å²) in [6.45, 7) is 7.44. The van der Waals surface area contributed by atoms with Crippen LogP contribution < -0.4 is 5.56 Å². The normalized spacial score (nSPS) is 25.2. The molecule has 7 nitrogen and oxygen atoms in total. The van der Waals surface area contributed by atoms with Gasteiger partial charge in [0.2, 0.25) is 5.91 Å². The molecule has 0 bridgehead atoms. The number of likely N-dealkylation sites (tertiary alicyclic amines) is 2. The van der Waals surface area contributed by atoms with Gasteiger partial charge in [-0.1, -0.05) is 13.3 Å². The third-order valence-electron chi connectivity index (χ3n) is 6.73. The predicted octanol–water partition coefficient (Wildman–Crippen LogP) is 2.18. The standard InChI is InChI=1S/C23H36N4O3/c1-2-13-30-19-7-6-10-25(16-19)17-23(29)26-12-9-18(15-26)20-14-22(28)27-11-5-3-4-8-21(27)24-20/h14,18-19H,2-13,15-17H2,1H3. The van der Waals surface area contributed by atoms with Gasteiger partial charge in [-0.15, -0.1) is 0 Å². The zero-order valence-electron chi connectivity index (χ0n) is 18.4. The maximum absolute atomic E-state index is 12.9. The zero-order valence-corrected chi connectivity index (χ0v) is 18.4. The lowest BCUT2D eigenvalue weighted by atomic mass is 10.0. The smallest absolute Gasteiger partial charge is 0.253 e. The van der Waals surface area contributed by atoms with Gasteiger partial charge in [-0.2, -0.15) is 0 Å². The van der Waals surface area contributed by atoms with Crippen molar-refractivity contribution < 1.29 is 9.53 Å². The quantitative estimate of drug-likeness (QED) is 0.711. The maximum atomic E-state index is 12.9. The average Bonchev–Trinajstić information content (AvgIpc) is 3.12. The highest BCUT2D eigenvalue weighted by atomic mass is 16.5. The van der Waals surface area contributed by atoms with Crippen molar-refractivity contribution in [1.29, 1.82) is 0 Å². The van der Waals surface area contributed by atoms with Crippen LogP contribution in [0, 0.1) is 0 Å². The fraction of sp³-hybridized carbons (Fsp3) is 0.783. The first kappa shape index (κ1) is 21.5. The third kappa shape index (κ3) is 5.11. The summed E-state index contributed by atoms with van der Waals surface area (Å²) in [6.07, 6.45) is 8.57. The van der Waals surface area contributed by atoms with E-state index in [0.717, 1.165) is 95.7 Å². The lowest BCUT2D eigenvalue weighted by Crippen LogP contribution is -2.45. The van der Waals surface area contributed by atoms with Crippen LogP contribution >= 0.6 is 0 Å². The van der Waals surface area contributed by atoms with Crippen molar-refractivity contribution in [2.24, 2.45) is 0 Å². The number of aromatic nitrogens is 2. The molecule has 2 atom stereocenters. The van der Waals surface area contributed by atoms with E-state index in [4.69, 9.17) is 9.72 Å². The molecule has 0 radical (unpaired) electrons. The second kappa shape index (κ2) is 10.1. The topological polar surface area (TPSA) is 67.7 Å². The number of carbonyl (C=O) groups excluding carboxylic acids is 1. The van der Waals surface area contributed by atoms with E-state index >= 15 is 0 Å². The van der Waals surface area contributed by atoms with Crippen molar-refractivity contribution in [2.75, 3.05) is 39.3 Å². The summed E-state index contributed by atoms with van der Waals surface area (Å²) < 4.78 is 7.75. The molecule has 2 saturated heterocycles. The van der Waals surface area contributed by atoms with E-state index in [0.29, 0.717) is 13.1 Å². The molecule has 1 amide bonds. The molecule has 2 fully saturated rings. The molecule has 3 aliphatic rings. The summed E-state index contributed by atoms with van der Waals surface area (Å²) in [4.78, 5) is 34.6. The SMILES string of the molecule is CCCOC1CCCN(CC(=O)N2CCC(c3cc(=O)n4c(n3)CCCCC4)C2)C1. The van der Waals surface area contributed by atoms with E-state index in [1.54, 1.807) is 6.07 Å². The number of amides is 1. The number of carbonyl (C=O) groups is 1. The summed E-state index contributed by atoms with van der Waals surface area (Å²) in [5.74, 6) is 1.31. The summed E-state index contributed by atoms with van der Waals surface area (Å²) in [5.41, 5.74) is 0.961. The molecule has 1 aromatic heterocycles. The summed E-state index contributed by atoms with van der Waals surface area (Å²) in [5, 5.41) is 0. The summed E-state index contributed by atoms with van der Waals surface area (Å²) in [6, 6.07) is 1.72. The van der Waals surface area contributed by atoms with Crippen LogP contribution in [-0.2, 0) is 22.5 Å². The Kier molecular flexibility index (Phi) is 7.20. The highest BCUT2D eigenvalue weighted by Crippen LogP contribution is 2.26. The van der Waals surface area contributed by atoms with Gasteiger partial charge in [0.1, 0.15) is 5.82 Å². The molecule has 0 aromatic carbocycles. The van der Waals surface area contributed by atoms with Crippen molar-refractivity contribution in [2.45, 2.75) is 76.9 Å². The molecule has 0 saturated carbocycles. The van der Waals surface area contributed by atoms with Gasteiger partial charge < -0.3 is 9.64 Å². The van der Waals surface area contributed by atoms with Gasteiger partial charge in [-0.3, -0.25) is 19.1 Å².